The normalized spacial score (nSPS) is 15.5. The molecule has 6 heteroatoms. The number of aryl methyl sites for hydroxylation is 1. The summed E-state index contributed by atoms with van der Waals surface area (Å²) in [7, 11) is 1.85. The van der Waals surface area contributed by atoms with Gasteiger partial charge in [-0.3, -0.25) is 9.48 Å². The van der Waals surface area contributed by atoms with Gasteiger partial charge in [0.1, 0.15) is 5.82 Å². The number of rotatable bonds is 6. The highest BCUT2D eigenvalue weighted by atomic mass is 19.1. The van der Waals surface area contributed by atoms with Gasteiger partial charge in [-0.05, 0) is 43.5 Å². The van der Waals surface area contributed by atoms with E-state index in [0.717, 1.165) is 24.1 Å². The number of aromatic nitrogens is 2. The highest BCUT2D eigenvalue weighted by molar-refractivity contribution is 5.92. The van der Waals surface area contributed by atoms with Gasteiger partial charge in [-0.2, -0.15) is 5.10 Å². The van der Waals surface area contributed by atoms with Crippen molar-refractivity contribution in [2.45, 2.75) is 31.9 Å². The lowest BCUT2D eigenvalue weighted by Gasteiger charge is -2.24. The Morgan fingerprint density at radius 1 is 1.44 bits per heavy atom. The second-order valence-electron chi connectivity index (χ2n) is 6.43. The monoisotopic (exact) mass is 343 g/mol. The van der Waals surface area contributed by atoms with E-state index in [2.05, 4.69) is 5.10 Å². The molecule has 5 nitrogen and oxygen atoms in total. The van der Waals surface area contributed by atoms with Gasteiger partial charge in [0.05, 0.1) is 18.8 Å². The third-order valence-electron chi connectivity index (χ3n) is 4.57. The van der Waals surface area contributed by atoms with Gasteiger partial charge in [-0.15, -0.1) is 0 Å². The summed E-state index contributed by atoms with van der Waals surface area (Å²) in [6.45, 7) is 2.14. The van der Waals surface area contributed by atoms with Crippen molar-refractivity contribution in [3.63, 3.8) is 0 Å². The number of carbonyl (C=O) groups is 1. The third kappa shape index (κ3) is 4.14. The van der Waals surface area contributed by atoms with Crippen LogP contribution < -0.4 is 0 Å². The fourth-order valence-electron chi connectivity index (χ4n) is 2.72. The molecule has 0 saturated heterocycles. The Hall–Kier alpha value is -2.47. The largest absolute Gasteiger partial charge is 0.387 e. The van der Waals surface area contributed by atoms with Crippen molar-refractivity contribution in [2.75, 3.05) is 6.54 Å². The van der Waals surface area contributed by atoms with Crippen molar-refractivity contribution in [3.05, 3.63) is 59.2 Å². The number of carbonyl (C=O) groups excluding carboxylic acids is 1. The fraction of sp³-hybridized carbons (Fsp3) is 0.368. The Balaban J connectivity index is 1.69. The molecule has 1 aliphatic carbocycles. The van der Waals surface area contributed by atoms with Crippen molar-refractivity contribution >= 4 is 12.0 Å². The molecule has 1 amide bonds. The van der Waals surface area contributed by atoms with Crippen LogP contribution in [-0.4, -0.2) is 38.3 Å². The third-order valence-corrected chi connectivity index (χ3v) is 4.57. The van der Waals surface area contributed by atoms with E-state index in [1.54, 1.807) is 34.0 Å². The lowest BCUT2D eigenvalue weighted by molar-refractivity contribution is -0.128. The van der Waals surface area contributed by atoms with Gasteiger partial charge >= 0.3 is 0 Å². The van der Waals surface area contributed by atoms with Gasteiger partial charge in [0.15, 0.2) is 0 Å². The lowest BCUT2D eigenvalue weighted by atomic mass is 10.1. The second-order valence-corrected chi connectivity index (χ2v) is 6.43. The molecule has 1 aromatic heterocycles. The number of hydrogen-bond acceptors (Lipinski definition) is 3. The Bertz CT molecular complexity index is 778. The van der Waals surface area contributed by atoms with Crippen LogP contribution >= 0.6 is 0 Å². The van der Waals surface area contributed by atoms with Gasteiger partial charge < -0.3 is 10.0 Å². The molecule has 1 saturated carbocycles. The van der Waals surface area contributed by atoms with E-state index < -0.39 is 6.10 Å². The van der Waals surface area contributed by atoms with Crippen LogP contribution in [-0.2, 0) is 11.8 Å². The molecule has 1 atom stereocenters. The number of aliphatic hydroxyl groups is 1. The van der Waals surface area contributed by atoms with Gasteiger partial charge in [-0.25, -0.2) is 4.39 Å². The van der Waals surface area contributed by atoms with Crippen molar-refractivity contribution in [3.8, 4) is 0 Å². The Labute approximate surface area is 146 Å². The number of amides is 1. The van der Waals surface area contributed by atoms with E-state index >= 15 is 0 Å². The summed E-state index contributed by atoms with van der Waals surface area (Å²) < 4.78 is 14.8. The molecule has 1 N–H and O–H groups in total. The molecule has 0 bridgehead atoms. The van der Waals surface area contributed by atoms with Crippen LogP contribution in [0, 0.1) is 12.7 Å². The maximum Gasteiger partial charge on any atom is 0.246 e. The summed E-state index contributed by atoms with van der Waals surface area (Å²) >= 11 is 0. The summed E-state index contributed by atoms with van der Waals surface area (Å²) in [5.41, 5.74) is 2.48. The highest BCUT2D eigenvalue weighted by Gasteiger charge is 2.33. The van der Waals surface area contributed by atoms with Crippen LogP contribution in [0.3, 0.4) is 0 Å². The first-order chi connectivity index (χ1) is 12.0. The molecule has 0 spiro atoms. The Kier molecular flexibility index (Phi) is 4.99. The quantitative estimate of drug-likeness (QED) is 0.820. The van der Waals surface area contributed by atoms with Crippen LogP contribution in [0.25, 0.3) is 6.08 Å². The second kappa shape index (κ2) is 7.19. The molecule has 1 heterocycles. The van der Waals surface area contributed by atoms with E-state index in [-0.39, 0.29) is 24.3 Å². The Morgan fingerprint density at radius 2 is 2.12 bits per heavy atom. The molecule has 3 rings (SSSR count). The summed E-state index contributed by atoms with van der Waals surface area (Å²) in [5.74, 6) is -0.479. The number of halogens is 1. The van der Waals surface area contributed by atoms with Gasteiger partial charge in [0, 0.05) is 30.4 Å². The minimum atomic E-state index is -0.835. The molecule has 1 aliphatic rings. The lowest BCUT2D eigenvalue weighted by Crippen LogP contribution is -2.35. The summed E-state index contributed by atoms with van der Waals surface area (Å²) in [4.78, 5) is 14.3. The fourth-order valence-corrected chi connectivity index (χ4v) is 2.72. The molecular weight excluding hydrogens is 321 g/mol. The maximum absolute atomic E-state index is 13.0. The number of benzene rings is 1. The minimum Gasteiger partial charge on any atom is -0.387 e. The van der Waals surface area contributed by atoms with E-state index in [9.17, 15) is 14.3 Å². The molecule has 1 fully saturated rings. The summed E-state index contributed by atoms with van der Waals surface area (Å²) in [6.07, 6.45) is 6.06. The first kappa shape index (κ1) is 17.4. The number of aliphatic hydroxyl groups excluding tert-OH is 1. The van der Waals surface area contributed by atoms with Crippen LogP contribution in [0.15, 0.2) is 36.5 Å². The molecular formula is C19H22FN3O2. The van der Waals surface area contributed by atoms with Crippen LogP contribution in [0.1, 0.15) is 35.8 Å². The predicted octanol–water partition coefficient (Wildman–Crippen LogP) is 2.61. The standard InChI is InChI=1S/C19H22FN3O2/c1-13-15(11-21-22(13)2)5-10-19(25)23(17-8-9-17)12-18(24)14-3-6-16(20)7-4-14/h3-7,10-11,17-18,24H,8-9,12H2,1-2H3/b10-5+. The maximum atomic E-state index is 13.0. The van der Waals surface area contributed by atoms with Gasteiger partial charge in [0.2, 0.25) is 5.91 Å². The van der Waals surface area contributed by atoms with Crippen LogP contribution in [0.5, 0.6) is 0 Å². The topological polar surface area (TPSA) is 58.4 Å². The minimum absolute atomic E-state index is 0.132. The number of hydrogen-bond donors (Lipinski definition) is 1. The van der Waals surface area contributed by atoms with Gasteiger partial charge in [0.25, 0.3) is 0 Å². The molecule has 0 radical (unpaired) electrons. The zero-order valence-electron chi connectivity index (χ0n) is 14.4. The van der Waals surface area contributed by atoms with Crippen LogP contribution in [0.4, 0.5) is 4.39 Å². The smallest absolute Gasteiger partial charge is 0.246 e. The average molecular weight is 343 g/mol. The van der Waals surface area contributed by atoms with Crippen molar-refractivity contribution in [2.24, 2.45) is 7.05 Å². The van der Waals surface area contributed by atoms with E-state index in [1.807, 2.05) is 14.0 Å². The van der Waals surface area contributed by atoms with E-state index in [1.165, 1.54) is 18.2 Å². The molecule has 132 valence electrons. The highest BCUT2D eigenvalue weighted by Crippen LogP contribution is 2.29. The predicted molar refractivity (Wildman–Crippen MR) is 93.1 cm³/mol. The summed E-state index contributed by atoms with van der Waals surface area (Å²) in [6, 6.07) is 5.89. The van der Waals surface area contributed by atoms with Gasteiger partial charge in [-0.1, -0.05) is 12.1 Å². The first-order valence-corrected chi connectivity index (χ1v) is 8.36. The molecule has 1 unspecified atom stereocenters. The molecule has 2 aromatic rings. The summed E-state index contributed by atoms with van der Waals surface area (Å²) in [5, 5.41) is 14.5. The SMILES string of the molecule is Cc1c(/C=C/C(=O)N(CC(O)c2ccc(F)cc2)C2CC2)cnn1C. The van der Waals surface area contributed by atoms with Crippen molar-refractivity contribution in [1.82, 2.24) is 14.7 Å². The molecule has 25 heavy (non-hydrogen) atoms. The Morgan fingerprint density at radius 3 is 2.68 bits per heavy atom. The number of nitrogens with zero attached hydrogens (tertiary/aromatic N) is 3. The molecule has 1 aromatic carbocycles. The average Bonchev–Trinajstić information content (AvgIpc) is 3.39. The first-order valence-electron chi connectivity index (χ1n) is 8.36. The zero-order valence-corrected chi connectivity index (χ0v) is 14.4. The van der Waals surface area contributed by atoms with Crippen molar-refractivity contribution in [1.29, 1.82) is 0 Å². The zero-order chi connectivity index (χ0) is 18.0. The van der Waals surface area contributed by atoms with E-state index in [4.69, 9.17) is 0 Å². The molecule has 0 aliphatic heterocycles. The van der Waals surface area contributed by atoms with Crippen LogP contribution in [0.2, 0.25) is 0 Å². The van der Waals surface area contributed by atoms with E-state index in [0.29, 0.717) is 5.56 Å². The van der Waals surface area contributed by atoms with Crippen molar-refractivity contribution < 1.29 is 14.3 Å².